The summed E-state index contributed by atoms with van der Waals surface area (Å²) in [6.45, 7) is 1.47. The zero-order valence-electron chi connectivity index (χ0n) is 13.5. The second kappa shape index (κ2) is 7.13. The number of fused-ring (bicyclic) bond motifs is 1. The molecule has 1 amide bonds. The molecule has 1 aliphatic heterocycles. The average molecular weight is 392 g/mol. The Hall–Kier alpha value is -2.21. The molecule has 126 valence electrons. The zero-order chi connectivity index (χ0) is 17.1. The summed E-state index contributed by atoms with van der Waals surface area (Å²) in [6.07, 6.45) is 0. The second-order valence-corrected chi connectivity index (χ2v) is 6.39. The third-order valence-corrected chi connectivity index (χ3v) is 4.28. The zero-order valence-corrected chi connectivity index (χ0v) is 15.1. The fraction of sp³-hybridized carbons (Fsp3) is 0.278. The Labute approximate surface area is 149 Å². The summed E-state index contributed by atoms with van der Waals surface area (Å²) in [5.74, 6) is 1.95. The molecule has 0 bridgehead atoms. The van der Waals surface area contributed by atoms with Crippen LogP contribution in [0.5, 0.6) is 17.2 Å². The molecule has 6 heteroatoms. The van der Waals surface area contributed by atoms with Gasteiger partial charge in [-0.05, 0) is 36.4 Å². The van der Waals surface area contributed by atoms with Crippen LogP contribution in [0.3, 0.4) is 0 Å². The van der Waals surface area contributed by atoms with Gasteiger partial charge in [0.05, 0.1) is 7.11 Å². The van der Waals surface area contributed by atoms with Crippen molar-refractivity contribution in [3.05, 3.63) is 52.0 Å². The van der Waals surface area contributed by atoms with Crippen LogP contribution < -0.4 is 14.2 Å². The molecule has 1 aliphatic rings. The fourth-order valence-corrected chi connectivity index (χ4v) is 3.00. The minimum atomic E-state index is -0.0889. The van der Waals surface area contributed by atoms with E-state index in [1.54, 1.807) is 37.3 Å². The Morgan fingerprint density at radius 3 is 2.67 bits per heavy atom. The lowest BCUT2D eigenvalue weighted by Crippen LogP contribution is -2.26. The summed E-state index contributed by atoms with van der Waals surface area (Å²) < 4.78 is 17.3. The van der Waals surface area contributed by atoms with Crippen molar-refractivity contribution in [1.29, 1.82) is 0 Å². The number of carbonyl (C=O) groups is 1. The Balaban J connectivity index is 1.79. The molecule has 0 aromatic heterocycles. The van der Waals surface area contributed by atoms with E-state index in [0.717, 1.165) is 15.8 Å². The molecule has 0 atom stereocenters. The molecule has 24 heavy (non-hydrogen) atoms. The second-order valence-electron chi connectivity index (χ2n) is 5.48. The van der Waals surface area contributed by atoms with Crippen LogP contribution in [0.15, 0.2) is 40.9 Å². The molecule has 1 heterocycles. The van der Waals surface area contributed by atoms with Crippen LogP contribution in [-0.4, -0.2) is 38.2 Å². The minimum absolute atomic E-state index is 0.0889. The number of amides is 1. The van der Waals surface area contributed by atoms with Gasteiger partial charge in [-0.1, -0.05) is 15.9 Å². The maximum absolute atomic E-state index is 12.7. The number of halogens is 1. The van der Waals surface area contributed by atoms with E-state index in [-0.39, 0.29) is 5.91 Å². The number of rotatable bonds is 4. The highest BCUT2D eigenvalue weighted by Gasteiger charge is 2.18. The van der Waals surface area contributed by atoms with Crippen molar-refractivity contribution < 1.29 is 19.0 Å². The van der Waals surface area contributed by atoms with Gasteiger partial charge in [0.1, 0.15) is 19.0 Å². The van der Waals surface area contributed by atoms with Crippen LogP contribution in [0, 0.1) is 0 Å². The van der Waals surface area contributed by atoms with Crippen LogP contribution >= 0.6 is 15.9 Å². The van der Waals surface area contributed by atoms with Crippen molar-refractivity contribution in [2.75, 3.05) is 27.4 Å². The van der Waals surface area contributed by atoms with Gasteiger partial charge in [0.15, 0.2) is 11.5 Å². The monoisotopic (exact) mass is 391 g/mol. The van der Waals surface area contributed by atoms with Gasteiger partial charge in [0.2, 0.25) is 0 Å². The predicted molar refractivity (Wildman–Crippen MR) is 93.9 cm³/mol. The van der Waals surface area contributed by atoms with Gasteiger partial charge >= 0.3 is 0 Å². The predicted octanol–water partition coefficient (Wildman–Crippen LogP) is 3.50. The lowest BCUT2D eigenvalue weighted by molar-refractivity contribution is 0.0783. The molecule has 0 fully saturated rings. The third-order valence-electron chi connectivity index (χ3n) is 3.79. The molecule has 5 nitrogen and oxygen atoms in total. The molecule has 2 aromatic rings. The molecular formula is C18H18BrNO4. The number of nitrogens with zero attached hydrogens (tertiary/aromatic N) is 1. The van der Waals surface area contributed by atoms with Gasteiger partial charge in [-0.25, -0.2) is 0 Å². The van der Waals surface area contributed by atoms with Gasteiger partial charge < -0.3 is 19.1 Å². The molecule has 0 N–H and O–H groups in total. The Morgan fingerprint density at radius 2 is 1.92 bits per heavy atom. The van der Waals surface area contributed by atoms with E-state index in [9.17, 15) is 4.79 Å². The van der Waals surface area contributed by atoms with E-state index in [4.69, 9.17) is 14.2 Å². The Kier molecular flexibility index (Phi) is 4.94. The first-order valence-electron chi connectivity index (χ1n) is 7.56. The summed E-state index contributed by atoms with van der Waals surface area (Å²) >= 11 is 3.45. The fourth-order valence-electron chi connectivity index (χ4n) is 2.59. The van der Waals surface area contributed by atoms with Gasteiger partial charge in [0.25, 0.3) is 5.91 Å². The van der Waals surface area contributed by atoms with Crippen LogP contribution in [0.2, 0.25) is 0 Å². The maximum Gasteiger partial charge on any atom is 0.254 e. The van der Waals surface area contributed by atoms with Crippen LogP contribution in [0.1, 0.15) is 15.9 Å². The molecule has 2 aromatic carbocycles. The summed E-state index contributed by atoms with van der Waals surface area (Å²) in [6, 6.07) is 11.0. The van der Waals surface area contributed by atoms with Gasteiger partial charge in [-0.2, -0.15) is 0 Å². The lowest BCUT2D eigenvalue weighted by atomic mass is 10.1. The highest BCUT2D eigenvalue weighted by atomic mass is 79.9. The smallest absolute Gasteiger partial charge is 0.254 e. The number of hydrogen-bond donors (Lipinski definition) is 0. The number of hydrogen-bond acceptors (Lipinski definition) is 4. The topological polar surface area (TPSA) is 48.0 Å². The first kappa shape index (κ1) is 16.6. The van der Waals surface area contributed by atoms with Crippen molar-refractivity contribution >= 4 is 21.8 Å². The quantitative estimate of drug-likeness (QED) is 0.799. The summed E-state index contributed by atoms with van der Waals surface area (Å²) in [4.78, 5) is 14.3. The standard InChI is InChI=1S/C18H18BrNO4/c1-20(11-13-9-14(19)4-6-15(13)22-2)18(21)12-3-5-16-17(10-12)24-8-7-23-16/h3-6,9-10H,7-8,11H2,1-2H3. The van der Waals surface area contributed by atoms with E-state index < -0.39 is 0 Å². The molecular weight excluding hydrogens is 374 g/mol. The van der Waals surface area contributed by atoms with E-state index in [0.29, 0.717) is 36.8 Å². The maximum atomic E-state index is 12.7. The summed E-state index contributed by atoms with van der Waals surface area (Å²) in [7, 11) is 3.38. The van der Waals surface area contributed by atoms with E-state index in [1.165, 1.54) is 0 Å². The molecule has 0 saturated carbocycles. The van der Waals surface area contributed by atoms with E-state index in [2.05, 4.69) is 15.9 Å². The molecule has 0 radical (unpaired) electrons. The SMILES string of the molecule is COc1ccc(Br)cc1CN(C)C(=O)c1ccc2c(c1)OCCO2. The van der Waals surface area contributed by atoms with E-state index in [1.807, 2.05) is 18.2 Å². The highest BCUT2D eigenvalue weighted by Crippen LogP contribution is 2.31. The van der Waals surface area contributed by atoms with Crippen molar-refractivity contribution in [2.45, 2.75) is 6.54 Å². The molecule has 0 unspecified atom stereocenters. The normalized spacial score (nSPS) is 12.6. The van der Waals surface area contributed by atoms with Crippen LogP contribution in [0.4, 0.5) is 0 Å². The molecule has 3 rings (SSSR count). The first-order valence-corrected chi connectivity index (χ1v) is 8.35. The highest BCUT2D eigenvalue weighted by molar-refractivity contribution is 9.10. The lowest BCUT2D eigenvalue weighted by Gasteiger charge is -2.21. The van der Waals surface area contributed by atoms with Crippen LogP contribution in [0.25, 0.3) is 0 Å². The summed E-state index contributed by atoms with van der Waals surface area (Å²) in [5, 5.41) is 0. The Morgan fingerprint density at radius 1 is 1.17 bits per heavy atom. The summed E-state index contributed by atoms with van der Waals surface area (Å²) in [5.41, 5.74) is 1.50. The number of carbonyl (C=O) groups excluding carboxylic acids is 1. The molecule has 0 aliphatic carbocycles. The Bertz CT molecular complexity index is 763. The third kappa shape index (κ3) is 3.48. The van der Waals surface area contributed by atoms with E-state index >= 15 is 0 Å². The van der Waals surface area contributed by atoms with Crippen molar-refractivity contribution in [3.8, 4) is 17.2 Å². The number of benzene rings is 2. The average Bonchev–Trinajstić information content (AvgIpc) is 2.61. The van der Waals surface area contributed by atoms with Crippen molar-refractivity contribution in [3.63, 3.8) is 0 Å². The largest absolute Gasteiger partial charge is 0.496 e. The number of methoxy groups -OCH3 is 1. The molecule has 0 spiro atoms. The van der Waals surface area contributed by atoms with Gasteiger partial charge in [0, 0.05) is 29.2 Å². The molecule has 0 saturated heterocycles. The van der Waals surface area contributed by atoms with Gasteiger partial charge in [-0.3, -0.25) is 4.79 Å². The van der Waals surface area contributed by atoms with Gasteiger partial charge in [-0.15, -0.1) is 0 Å². The van der Waals surface area contributed by atoms with Crippen molar-refractivity contribution in [1.82, 2.24) is 4.90 Å². The minimum Gasteiger partial charge on any atom is -0.496 e. The first-order chi connectivity index (χ1) is 11.6. The van der Waals surface area contributed by atoms with Crippen molar-refractivity contribution in [2.24, 2.45) is 0 Å². The van der Waals surface area contributed by atoms with Crippen LogP contribution in [-0.2, 0) is 6.54 Å². The number of ether oxygens (including phenoxy) is 3.